The Morgan fingerprint density at radius 1 is 1.17 bits per heavy atom. The largest absolute Gasteiger partial charge is 0.477 e. The summed E-state index contributed by atoms with van der Waals surface area (Å²) in [6, 6.07) is 6.27. The third-order valence-electron chi connectivity index (χ3n) is 2.54. The summed E-state index contributed by atoms with van der Waals surface area (Å²) in [7, 11) is 0. The zero-order valence-electron chi connectivity index (χ0n) is 9.41. The second-order valence-corrected chi connectivity index (χ2v) is 3.71. The summed E-state index contributed by atoms with van der Waals surface area (Å²) in [5.74, 6) is -1.76. The van der Waals surface area contributed by atoms with E-state index in [-0.39, 0.29) is 17.9 Å². The van der Waals surface area contributed by atoms with Crippen molar-refractivity contribution in [1.29, 1.82) is 0 Å². The highest BCUT2D eigenvalue weighted by atomic mass is 16.4. The second-order valence-electron chi connectivity index (χ2n) is 3.71. The number of hydrogen-bond donors (Lipinski definition) is 2. The fourth-order valence-electron chi connectivity index (χ4n) is 1.71. The molecule has 0 aromatic carbocycles. The van der Waals surface area contributed by atoms with E-state index in [1.54, 1.807) is 24.5 Å². The summed E-state index contributed by atoms with van der Waals surface area (Å²) in [6.07, 6.45) is 3.20. The summed E-state index contributed by atoms with van der Waals surface area (Å²) in [5.41, 5.74) is 6.25. The number of primary amides is 1. The number of hydrogen-bond acceptors (Lipinski definition) is 3. The lowest BCUT2D eigenvalue weighted by atomic mass is 10.2. The number of nitrogens with two attached hydrogens (primary N) is 1. The Morgan fingerprint density at radius 2 is 1.78 bits per heavy atom. The average Bonchev–Trinajstić information content (AvgIpc) is 2.74. The average molecular weight is 245 g/mol. The van der Waals surface area contributed by atoms with Crippen molar-refractivity contribution in [1.82, 2.24) is 9.55 Å². The van der Waals surface area contributed by atoms with Crippen LogP contribution in [-0.2, 0) is 6.54 Å². The third kappa shape index (κ3) is 2.22. The van der Waals surface area contributed by atoms with Gasteiger partial charge in [-0.25, -0.2) is 4.79 Å². The van der Waals surface area contributed by atoms with Crippen LogP contribution in [0.15, 0.2) is 36.7 Å². The first-order valence-corrected chi connectivity index (χ1v) is 5.21. The molecule has 2 aromatic rings. The number of carboxylic acid groups (broad SMARTS) is 1. The Kier molecular flexibility index (Phi) is 3.09. The number of carbonyl (C=O) groups is 2. The van der Waals surface area contributed by atoms with Gasteiger partial charge in [-0.1, -0.05) is 0 Å². The molecule has 0 unspecified atom stereocenters. The fraction of sp³-hybridized carbons (Fsp3) is 0.0833. The Balaban J connectivity index is 2.44. The predicted octanol–water partition coefficient (Wildman–Crippen LogP) is 0.728. The Hall–Kier alpha value is -2.63. The maximum absolute atomic E-state index is 11.2. The van der Waals surface area contributed by atoms with Crippen molar-refractivity contribution in [3.63, 3.8) is 0 Å². The predicted molar refractivity (Wildman–Crippen MR) is 63.2 cm³/mol. The van der Waals surface area contributed by atoms with Gasteiger partial charge in [0.2, 0.25) is 0 Å². The number of carbonyl (C=O) groups excluding carboxylic acids is 1. The summed E-state index contributed by atoms with van der Waals surface area (Å²) >= 11 is 0. The maximum atomic E-state index is 11.2. The number of aromatic carboxylic acids is 1. The molecule has 0 aliphatic heterocycles. The van der Waals surface area contributed by atoms with Gasteiger partial charge in [0.25, 0.3) is 5.91 Å². The van der Waals surface area contributed by atoms with Gasteiger partial charge in [-0.05, 0) is 29.8 Å². The lowest BCUT2D eigenvalue weighted by Crippen LogP contribution is -2.20. The molecule has 0 saturated carbocycles. The van der Waals surface area contributed by atoms with Gasteiger partial charge < -0.3 is 15.4 Å². The fourth-order valence-corrected chi connectivity index (χ4v) is 1.71. The SMILES string of the molecule is NC(=O)c1ccc(C(=O)O)n1Cc1ccncc1. The standard InChI is InChI=1S/C12H11N3O3/c13-11(16)9-1-2-10(12(17)18)15(9)7-8-3-5-14-6-4-8/h1-6H,7H2,(H2,13,16)(H,17,18). The lowest BCUT2D eigenvalue weighted by molar-refractivity contribution is 0.0685. The normalized spacial score (nSPS) is 10.2. The molecule has 1 amide bonds. The number of pyridine rings is 1. The first-order valence-electron chi connectivity index (χ1n) is 5.21. The van der Waals surface area contributed by atoms with E-state index < -0.39 is 11.9 Å². The number of rotatable bonds is 4. The van der Waals surface area contributed by atoms with Gasteiger partial charge >= 0.3 is 5.97 Å². The Bertz CT molecular complexity index is 558. The van der Waals surface area contributed by atoms with Crippen LogP contribution in [0.5, 0.6) is 0 Å². The molecule has 0 bridgehead atoms. The first kappa shape index (κ1) is 11.8. The molecule has 6 heteroatoms. The Morgan fingerprint density at radius 3 is 2.33 bits per heavy atom. The second kappa shape index (κ2) is 4.70. The highest BCUT2D eigenvalue weighted by Gasteiger charge is 2.17. The van der Waals surface area contributed by atoms with Gasteiger partial charge in [-0.15, -0.1) is 0 Å². The van der Waals surface area contributed by atoms with Crippen molar-refractivity contribution in [2.24, 2.45) is 5.73 Å². The van der Waals surface area contributed by atoms with Gasteiger partial charge in [0, 0.05) is 18.9 Å². The van der Waals surface area contributed by atoms with E-state index >= 15 is 0 Å². The number of aromatic nitrogens is 2. The van der Waals surface area contributed by atoms with E-state index in [1.807, 2.05) is 0 Å². The molecule has 2 aromatic heterocycles. The van der Waals surface area contributed by atoms with E-state index in [1.165, 1.54) is 16.7 Å². The highest BCUT2D eigenvalue weighted by molar-refractivity contribution is 5.94. The first-order chi connectivity index (χ1) is 8.59. The molecule has 2 rings (SSSR count). The van der Waals surface area contributed by atoms with Crippen molar-refractivity contribution in [2.75, 3.05) is 0 Å². The summed E-state index contributed by atoms with van der Waals surface area (Å²) in [5, 5.41) is 9.05. The van der Waals surface area contributed by atoms with Gasteiger partial charge in [0.05, 0.1) is 0 Å². The van der Waals surface area contributed by atoms with E-state index in [0.717, 1.165) is 5.56 Å². The van der Waals surface area contributed by atoms with Crippen LogP contribution < -0.4 is 5.73 Å². The quantitative estimate of drug-likeness (QED) is 0.829. The van der Waals surface area contributed by atoms with E-state index in [4.69, 9.17) is 10.8 Å². The summed E-state index contributed by atoms with van der Waals surface area (Å²) in [4.78, 5) is 26.2. The molecule has 0 saturated heterocycles. The van der Waals surface area contributed by atoms with Crippen LogP contribution in [0.1, 0.15) is 26.5 Å². The molecule has 3 N–H and O–H groups in total. The smallest absolute Gasteiger partial charge is 0.352 e. The monoisotopic (exact) mass is 245 g/mol. The van der Waals surface area contributed by atoms with Gasteiger partial charge in [0.15, 0.2) is 0 Å². The van der Waals surface area contributed by atoms with Crippen molar-refractivity contribution in [3.8, 4) is 0 Å². The molecule has 0 aliphatic rings. The van der Waals surface area contributed by atoms with Crippen molar-refractivity contribution in [2.45, 2.75) is 6.54 Å². The minimum absolute atomic E-state index is 0.0283. The maximum Gasteiger partial charge on any atom is 0.352 e. The molecular formula is C12H11N3O3. The van der Waals surface area contributed by atoms with Crippen molar-refractivity contribution in [3.05, 3.63) is 53.6 Å². The van der Waals surface area contributed by atoms with Gasteiger partial charge in [-0.3, -0.25) is 9.78 Å². The van der Waals surface area contributed by atoms with Crippen LogP contribution in [0, 0.1) is 0 Å². The number of amides is 1. The van der Waals surface area contributed by atoms with Crippen LogP contribution in [0.25, 0.3) is 0 Å². The molecule has 92 valence electrons. The highest BCUT2D eigenvalue weighted by Crippen LogP contribution is 2.12. The van der Waals surface area contributed by atoms with Gasteiger partial charge in [-0.2, -0.15) is 0 Å². The van der Waals surface area contributed by atoms with Crippen LogP contribution in [0.2, 0.25) is 0 Å². The number of carboxylic acids is 1. The van der Waals surface area contributed by atoms with Crippen molar-refractivity contribution >= 4 is 11.9 Å². The molecule has 18 heavy (non-hydrogen) atoms. The molecule has 6 nitrogen and oxygen atoms in total. The van der Waals surface area contributed by atoms with E-state index in [2.05, 4.69) is 4.98 Å². The van der Waals surface area contributed by atoms with Gasteiger partial charge in [0.1, 0.15) is 11.4 Å². The number of nitrogens with zero attached hydrogens (tertiary/aromatic N) is 2. The minimum Gasteiger partial charge on any atom is -0.477 e. The summed E-state index contributed by atoms with van der Waals surface area (Å²) < 4.78 is 1.38. The van der Waals surface area contributed by atoms with Crippen LogP contribution in [-0.4, -0.2) is 26.5 Å². The zero-order valence-corrected chi connectivity index (χ0v) is 9.41. The van der Waals surface area contributed by atoms with Crippen LogP contribution >= 0.6 is 0 Å². The molecule has 0 atom stereocenters. The molecular weight excluding hydrogens is 234 g/mol. The topological polar surface area (TPSA) is 98.2 Å². The van der Waals surface area contributed by atoms with Crippen LogP contribution in [0.4, 0.5) is 0 Å². The Labute approximate surface area is 103 Å². The molecule has 2 heterocycles. The molecule has 0 fully saturated rings. The molecule has 0 radical (unpaired) electrons. The zero-order chi connectivity index (χ0) is 13.1. The third-order valence-corrected chi connectivity index (χ3v) is 2.54. The van der Waals surface area contributed by atoms with Crippen LogP contribution in [0.3, 0.4) is 0 Å². The van der Waals surface area contributed by atoms with E-state index in [9.17, 15) is 9.59 Å². The summed E-state index contributed by atoms with van der Waals surface area (Å²) in [6.45, 7) is 0.259. The van der Waals surface area contributed by atoms with Crippen molar-refractivity contribution < 1.29 is 14.7 Å². The molecule has 0 aliphatic carbocycles. The minimum atomic E-state index is -1.10. The molecule has 0 spiro atoms. The van der Waals surface area contributed by atoms with E-state index in [0.29, 0.717) is 0 Å². The lowest BCUT2D eigenvalue weighted by Gasteiger charge is -2.09.